The van der Waals surface area contributed by atoms with Crippen molar-refractivity contribution in [3.05, 3.63) is 64.2 Å². The average Bonchev–Trinajstić information content (AvgIpc) is 2.78. The molecule has 35 heavy (non-hydrogen) atoms. The maximum absolute atomic E-state index is 13.4. The van der Waals surface area contributed by atoms with Crippen LogP contribution in [0.4, 0.5) is 16.2 Å². The molecule has 2 aromatic rings. The quantitative estimate of drug-likeness (QED) is 0.499. The number of imide groups is 2. The normalized spacial score (nSPS) is 18.4. The fourth-order valence-corrected chi connectivity index (χ4v) is 4.90. The summed E-state index contributed by atoms with van der Waals surface area (Å²) in [6.45, 7) is 13.1. The predicted octanol–water partition coefficient (Wildman–Crippen LogP) is 5.00. The molecule has 2 aliphatic heterocycles. The Morgan fingerprint density at radius 2 is 1.74 bits per heavy atom. The van der Waals surface area contributed by atoms with Gasteiger partial charge in [0.2, 0.25) is 0 Å². The van der Waals surface area contributed by atoms with Crippen molar-refractivity contribution in [2.24, 2.45) is 0 Å². The van der Waals surface area contributed by atoms with Crippen molar-refractivity contribution in [2.75, 3.05) is 23.5 Å². The summed E-state index contributed by atoms with van der Waals surface area (Å²) in [7, 11) is 1.56. The zero-order valence-electron chi connectivity index (χ0n) is 21.3. The summed E-state index contributed by atoms with van der Waals surface area (Å²) in [4.78, 5) is 42.0. The van der Waals surface area contributed by atoms with Crippen LogP contribution < -0.4 is 19.9 Å². The third kappa shape index (κ3) is 4.11. The number of barbiturate groups is 1. The van der Waals surface area contributed by atoms with Crippen LogP contribution in [-0.4, -0.2) is 37.0 Å². The molecule has 0 aromatic heterocycles. The van der Waals surface area contributed by atoms with Gasteiger partial charge in [-0.3, -0.25) is 14.9 Å². The van der Waals surface area contributed by atoms with E-state index < -0.39 is 17.8 Å². The smallest absolute Gasteiger partial charge is 0.335 e. The Kier molecular flexibility index (Phi) is 6.05. The number of nitrogens with one attached hydrogen (secondary N) is 1. The molecule has 1 saturated heterocycles. The largest absolute Gasteiger partial charge is 0.496 e. The van der Waals surface area contributed by atoms with E-state index in [9.17, 15) is 14.4 Å². The molecule has 2 aliphatic rings. The molecule has 0 unspecified atom stereocenters. The van der Waals surface area contributed by atoms with Crippen LogP contribution >= 0.6 is 0 Å². The van der Waals surface area contributed by atoms with E-state index >= 15 is 0 Å². The Morgan fingerprint density at radius 1 is 1.03 bits per heavy atom. The van der Waals surface area contributed by atoms with Crippen molar-refractivity contribution < 1.29 is 19.1 Å². The number of methoxy groups -OCH3 is 1. The molecule has 4 rings (SSSR count). The van der Waals surface area contributed by atoms with Crippen molar-refractivity contribution in [2.45, 2.75) is 47.1 Å². The minimum absolute atomic E-state index is 0.133. The van der Waals surface area contributed by atoms with Crippen LogP contribution in [0.1, 0.15) is 49.9 Å². The summed E-state index contributed by atoms with van der Waals surface area (Å²) in [5.41, 5.74) is 5.81. The molecule has 182 valence electrons. The number of urea groups is 1. The topological polar surface area (TPSA) is 79.0 Å². The number of anilines is 2. The Balaban J connectivity index is 1.83. The lowest BCUT2D eigenvalue weighted by molar-refractivity contribution is -0.122. The Hall–Kier alpha value is -3.87. The highest BCUT2D eigenvalue weighted by Crippen LogP contribution is 2.42. The summed E-state index contributed by atoms with van der Waals surface area (Å²) < 4.78 is 5.67. The second-order valence-electron chi connectivity index (χ2n) is 9.56. The first-order valence-corrected chi connectivity index (χ1v) is 11.7. The fourth-order valence-electron chi connectivity index (χ4n) is 4.90. The lowest BCUT2D eigenvalue weighted by Gasteiger charge is -2.43. The first-order valence-electron chi connectivity index (χ1n) is 11.7. The van der Waals surface area contributed by atoms with Crippen molar-refractivity contribution in [1.82, 2.24) is 5.32 Å². The minimum Gasteiger partial charge on any atom is -0.496 e. The first-order chi connectivity index (χ1) is 16.5. The molecule has 0 atom stereocenters. The van der Waals surface area contributed by atoms with E-state index in [2.05, 4.69) is 44.0 Å². The van der Waals surface area contributed by atoms with E-state index in [0.29, 0.717) is 17.0 Å². The summed E-state index contributed by atoms with van der Waals surface area (Å²) in [6, 6.07) is 8.41. The van der Waals surface area contributed by atoms with Crippen LogP contribution in [-0.2, 0) is 9.59 Å². The number of nitrogens with zero attached hydrogens (tertiary/aromatic N) is 2. The van der Waals surface area contributed by atoms with E-state index in [1.807, 2.05) is 32.0 Å². The number of aryl methyl sites for hydroxylation is 2. The van der Waals surface area contributed by atoms with Gasteiger partial charge in [-0.2, -0.15) is 0 Å². The predicted molar refractivity (Wildman–Crippen MR) is 139 cm³/mol. The second kappa shape index (κ2) is 8.73. The number of carbonyl (C=O) groups excluding carboxylic acids is 3. The van der Waals surface area contributed by atoms with Crippen molar-refractivity contribution in [3.63, 3.8) is 0 Å². The van der Waals surface area contributed by atoms with Gasteiger partial charge < -0.3 is 9.64 Å². The summed E-state index contributed by atoms with van der Waals surface area (Å²) in [5, 5.41) is 2.30. The molecule has 1 fully saturated rings. The van der Waals surface area contributed by atoms with Gasteiger partial charge in [-0.1, -0.05) is 12.1 Å². The van der Waals surface area contributed by atoms with E-state index in [0.717, 1.165) is 39.4 Å². The molecule has 0 aliphatic carbocycles. The minimum atomic E-state index is -0.766. The Labute approximate surface area is 206 Å². The maximum atomic E-state index is 13.4. The average molecular weight is 474 g/mol. The molecule has 2 aromatic carbocycles. The lowest BCUT2D eigenvalue weighted by Crippen LogP contribution is -2.54. The molecule has 0 bridgehead atoms. The molecule has 1 N–H and O–H groups in total. The maximum Gasteiger partial charge on any atom is 0.335 e. The second-order valence-corrected chi connectivity index (χ2v) is 9.56. The molecule has 4 amide bonds. The highest BCUT2D eigenvalue weighted by atomic mass is 16.5. The summed E-state index contributed by atoms with van der Waals surface area (Å²) >= 11 is 0. The van der Waals surface area contributed by atoms with Gasteiger partial charge in [0, 0.05) is 29.4 Å². The number of ether oxygens (including phenoxy) is 1. The summed E-state index contributed by atoms with van der Waals surface area (Å²) in [6.07, 6.45) is 3.71. The van der Waals surface area contributed by atoms with Crippen LogP contribution in [0.5, 0.6) is 5.75 Å². The number of benzene rings is 2. The van der Waals surface area contributed by atoms with E-state index in [-0.39, 0.29) is 11.1 Å². The number of amides is 4. The van der Waals surface area contributed by atoms with Crippen molar-refractivity contribution in [1.29, 1.82) is 0 Å². The van der Waals surface area contributed by atoms with Crippen LogP contribution in [0, 0.1) is 13.8 Å². The van der Waals surface area contributed by atoms with E-state index in [1.165, 1.54) is 6.08 Å². The number of fused-ring (bicyclic) bond motifs is 1. The van der Waals surface area contributed by atoms with Gasteiger partial charge in [-0.25, -0.2) is 9.69 Å². The van der Waals surface area contributed by atoms with E-state index in [4.69, 9.17) is 4.74 Å². The third-order valence-corrected chi connectivity index (χ3v) is 6.80. The first kappa shape index (κ1) is 24.3. The van der Waals surface area contributed by atoms with Gasteiger partial charge in [-0.05, 0) is 82.5 Å². The zero-order valence-corrected chi connectivity index (χ0v) is 21.3. The van der Waals surface area contributed by atoms with E-state index in [1.54, 1.807) is 19.2 Å². The molecule has 0 spiro atoms. The standard InChI is InChI=1S/C28H31N3O4/c1-8-30-23-14-24(35-7)19(12-21(23)18(4)15-28(30,5)6)13-22-25(32)29-27(34)31(26(22)33)20-10-9-16(2)17(3)11-20/h9-15H,8H2,1-7H3,(H,29,32,34)/b22-13-. The van der Waals surface area contributed by atoms with Crippen LogP contribution in [0.2, 0.25) is 0 Å². The summed E-state index contributed by atoms with van der Waals surface area (Å²) in [5.74, 6) is -0.871. The van der Waals surface area contributed by atoms with Crippen molar-refractivity contribution >= 4 is 40.9 Å². The molecule has 2 heterocycles. The van der Waals surface area contributed by atoms with Gasteiger partial charge in [-0.15, -0.1) is 0 Å². The molecule has 0 radical (unpaired) electrons. The fraction of sp³-hybridized carbons (Fsp3) is 0.321. The van der Waals surface area contributed by atoms with Gasteiger partial charge in [0.1, 0.15) is 11.3 Å². The highest BCUT2D eigenvalue weighted by molar-refractivity contribution is 6.39. The monoisotopic (exact) mass is 473 g/mol. The number of hydrogen-bond acceptors (Lipinski definition) is 5. The van der Waals surface area contributed by atoms with Gasteiger partial charge in [0.05, 0.1) is 18.3 Å². The molecular weight excluding hydrogens is 442 g/mol. The van der Waals surface area contributed by atoms with Gasteiger partial charge >= 0.3 is 6.03 Å². The number of allylic oxidation sites excluding steroid dienone is 1. The van der Waals surface area contributed by atoms with Crippen LogP contribution in [0.3, 0.4) is 0 Å². The molecule has 0 saturated carbocycles. The van der Waals surface area contributed by atoms with Gasteiger partial charge in [0.15, 0.2) is 0 Å². The van der Waals surface area contributed by atoms with Crippen LogP contribution in [0.25, 0.3) is 11.6 Å². The number of rotatable bonds is 4. The Morgan fingerprint density at radius 3 is 2.37 bits per heavy atom. The number of hydrogen-bond donors (Lipinski definition) is 1. The zero-order chi connectivity index (χ0) is 25.7. The third-order valence-electron chi connectivity index (χ3n) is 6.80. The molecule has 7 heteroatoms. The lowest BCUT2D eigenvalue weighted by atomic mass is 9.87. The molecule has 7 nitrogen and oxygen atoms in total. The van der Waals surface area contributed by atoms with Crippen molar-refractivity contribution in [3.8, 4) is 5.75 Å². The molecular formula is C28H31N3O4. The Bertz CT molecular complexity index is 1320. The highest BCUT2D eigenvalue weighted by Gasteiger charge is 2.37. The number of carbonyl (C=O) groups is 3. The SMILES string of the molecule is CCN1c2cc(OC)c(/C=C3/C(=O)NC(=O)N(c4ccc(C)c(C)c4)C3=O)cc2C(C)=CC1(C)C. The van der Waals surface area contributed by atoms with Crippen LogP contribution in [0.15, 0.2) is 42.0 Å². The number of likely N-dealkylation sites (N-methyl/N-ethyl adjacent to an activating group) is 1. The van der Waals surface area contributed by atoms with Gasteiger partial charge in [0.25, 0.3) is 11.8 Å².